The maximum Gasteiger partial charge on any atom is 0.255 e. The van der Waals surface area contributed by atoms with Crippen LogP contribution in [0.5, 0.6) is 0 Å². The van der Waals surface area contributed by atoms with E-state index in [0.717, 1.165) is 36.0 Å². The third-order valence-electron chi connectivity index (χ3n) is 4.00. The first-order chi connectivity index (χ1) is 13.0. The van der Waals surface area contributed by atoms with E-state index in [0.29, 0.717) is 5.56 Å². The molecule has 2 aromatic carbocycles. The van der Waals surface area contributed by atoms with Crippen LogP contribution in [0.1, 0.15) is 10.4 Å². The number of imidazole rings is 1. The quantitative estimate of drug-likeness (QED) is 0.315. The molecule has 1 amide bonds. The molecule has 0 saturated carbocycles. The van der Waals surface area contributed by atoms with Crippen LogP contribution >= 0.6 is 47.8 Å². The standard InChI is InChI=1S/C20H12Br3N3O/c21-14-3-1-2-13(8-14)20(27)24-16-6-4-12(5-7-16)18-11-26-10-15(22)9-17(23)19(26)25-18/h1-11H,(H,24,27). The molecule has 0 aliphatic heterocycles. The first kappa shape index (κ1) is 18.4. The minimum Gasteiger partial charge on any atom is -0.322 e. The second-order valence-corrected chi connectivity index (χ2v) is 8.59. The molecule has 0 spiro atoms. The van der Waals surface area contributed by atoms with Gasteiger partial charge in [-0.1, -0.05) is 34.1 Å². The predicted molar refractivity (Wildman–Crippen MR) is 118 cm³/mol. The van der Waals surface area contributed by atoms with Crippen molar-refractivity contribution in [3.05, 3.63) is 86.0 Å². The van der Waals surface area contributed by atoms with Gasteiger partial charge in [-0.25, -0.2) is 4.98 Å². The molecular formula is C20H12Br3N3O. The number of rotatable bonds is 3. The van der Waals surface area contributed by atoms with Crippen molar-refractivity contribution in [2.45, 2.75) is 0 Å². The molecule has 0 fully saturated rings. The molecule has 0 saturated heterocycles. The number of nitrogens with one attached hydrogen (secondary N) is 1. The molecule has 0 atom stereocenters. The highest BCUT2D eigenvalue weighted by molar-refractivity contribution is 9.11. The summed E-state index contributed by atoms with van der Waals surface area (Å²) in [5.41, 5.74) is 4.02. The number of hydrogen-bond acceptors (Lipinski definition) is 2. The maximum atomic E-state index is 12.4. The van der Waals surface area contributed by atoms with Crippen LogP contribution in [-0.4, -0.2) is 15.3 Å². The molecule has 0 aliphatic rings. The first-order valence-corrected chi connectivity index (χ1v) is 10.4. The van der Waals surface area contributed by atoms with Crippen LogP contribution in [-0.2, 0) is 0 Å². The predicted octanol–water partition coefficient (Wildman–Crippen LogP) is 6.54. The van der Waals surface area contributed by atoms with E-state index in [-0.39, 0.29) is 5.91 Å². The summed E-state index contributed by atoms with van der Waals surface area (Å²) in [6.07, 6.45) is 3.93. The Morgan fingerprint density at radius 3 is 2.44 bits per heavy atom. The van der Waals surface area contributed by atoms with Crippen LogP contribution in [0.3, 0.4) is 0 Å². The largest absolute Gasteiger partial charge is 0.322 e. The van der Waals surface area contributed by atoms with E-state index in [9.17, 15) is 4.79 Å². The lowest BCUT2D eigenvalue weighted by Crippen LogP contribution is -2.11. The molecule has 7 heteroatoms. The minimum absolute atomic E-state index is 0.148. The van der Waals surface area contributed by atoms with E-state index >= 15 is 0 Å². The summed E-state index contributed by atoms with van der Waals surface area (Å²) in [7, 11) is 0. The van der Waals surface area contributed by atoms with Gasteiger partial charge in [0.25, 0.3) is 5.91 Å². The zero-order valence-electron chi connectivity index (χ0n) is 13.8. The number of anilines is 1. The number of hydrogen-bond donors (Lipinski definition) is 1. The highest BCUT2D eigenvalue weighted by Crippen LogP contribution is 2.27. The molecule has 134 valence electrons. The molecule has 0 bridgehead atoms. The van der Waals surface area contributed by atoms with Gasteiger partial charge in [0.15, 0.2) is 5.65 Å². The molecule has 1 N–H and O–H groups in total. The van der Waals surface area contributed by atoms with Gasteiger partial charge < -0.3 is 9.72 Å². The fraction of sp³-hybridized carbons (Fsp3) is 0. The smallest absolute Gasteiger partial charge is 0.255 e. The fourth-order valence-corrected chi connectivity index (χ4v) is 4.42. The van der Waals surface area contributed by atoms with Crippen molar-refractivity contribution in [1.29, 1.82) is 0 Å². The van der Waals surface area contributed by atoms with Crippen LogP contribution in [0.25, 0.3) is 16.9 Å². The Kier molecular flexibility index (Phi) is 5.16. The second-order valence-electron chi connectivity index (χ2n) is 5.91. The summed E-state index contributed by atoms with van der Waals surface area (Å²) in [5, 5.41) is 2.91. The lowest BCUT2D eigenvalue weighted by atomic mass is 10.1. The second kappa shape index (κ2) is 7.58. The van der Waals surface area contributed by atoms with Gasteiger partial charge in [0, 0.05) is 38.2 Å². The molecule has 0 unspecified atom stereocenters. The number of aromatic nitrogens is 2. The van der Waals surface area contributed by atoms with Gasteiger partial charge in [-0.15, -0.1) is 0 Å². The highest BCUT2D eigenvalue weighted by Gasteiger charge is 2.10. The Hall–Kier alpha value is -1.96. The van der Waals surface area contributed by atoms with Crippen molar-refractivity contribution in [3.63, 3.8) is 0 Å². The van der Waals surface area contributed by atoms with Crippen LogP contribution in [0.15, 0.2) is 80.4 Å². The number of fused-ring (bicyclic) bond motifs is 1. The summed E-state index contributed by atoms with van der Waals surface area (Å²) < 4.78 is 4.72. The maximum absolute atomic E-state index is 12.4. The van der Waals surface area contributed by atoms with E-state index in [2.05, 4.69) is 58.1 Å². The molecule has 4 nitrogen and oxygen atoms in total. The minimum atomic E-state index is -0.148. The molecule has 2 aromatic heterocycles. The normalized spacial score (nSPS) is 10.9. The number of benzene rings is 2. The number of nitrogens with zero attached hydrogens (tertiary/aromatic N) is 2. The molecule has 27 heavy (non-hydrogen) atoms. The van der Waals surface area contributed by atoms with Crippen molar-refractivity contribution < 1.29 is 4.79 Å². The van der Waals surface area contributed by atoms with E-state index < -0.39 is 0 Å². The SMILES string of the molecule is O=C(Nc1ccc(-c2cn3cc(Br)cc(Br)c3n2)cc1)c1cccc(Br)c1. The van der Waals surface area contributed by atoms with E-state index in [1.54, 1.807) is 12.1 Å². The zero-order chi connectivity index (χ0) is 19.0. The third kappa shape index (κ3) is 4.00. The first-order valence-electron chi connectivity index (χ1n) is 8.01. The van der Waals surface area contributed by atoms with Crippen molar-refractivity contribution in [3.8, 4) is 11.3 Å². The number of amides is 1. The van der Waals surface area contributed by atoms with Crippen molar-refractivity contribution in [1.82, 2.24) is 9.38 Å². The Bertz CT molecular complexity index is 1150. The number of carbonyl (C=O) groups is 1. The van der Waals surface area contributed by atoms with E-state index in [4.69, 9.17) is 0 Å². The van der Waals surface area contributed by atoms with E-state index in [1.807, 2.05) is 59.3 Å². The fourth-order valence-electron chi connectivity index (χ4n) is 2.72. The Labute approximate surface area is 181 Å². The highest BCUT2D eigenvalue weighted by atomic mass is 79.9. The number of halogens is 3. The molecule has 2 heterocycles. The van der Waals surface area contributed by atoms with Gasteiger partial charge in [0.1, 0.15) is 0 Å². The van der Waals surface area contributed by atoms with Crippen molar-refractivity contribution >= 4 is 65.0 Å². The topological polar surface area (TPSA) is 46.4 Å². The van der Waals surface area contributed by atoms with Crippen LogP contribution in [0.4, 0.5) is 5.69 Å². The molecule has 4 rings (SSSR count). The van der Waals surface area contributed by atoms with Gasteiger partial charge >= 0.3 is 0 Å². The van der Waals surface area contributed by atoms with Crippen LogP contribution < -0.4 is 5.32 Å². The summed E-state index contributed by atoms with van der Waals surface area (Å²) in [6.45, 7) is 0. The molecule has 4 aromatic rings. The molecule has 0 radical (unpaired) electrons. The van der Waals surface area contributed by atoms with Gasteiger partial charge in [0.05, 0.1) is 10.2 Å². The monoisotopic (exact) mass is 547 g/mol. The lowest BCUT2D eigenvalue weighted by molar-refractivity contribution is 0.102. The van der Waals surface area contributed by atoms with Crippen molar-refractivity contribution in [2.75, 3.05) is 5.32 Å². The number of carbonyl (C=O) groups excluding carboxylic acids is 1. The summed E-state index contributed by atoms with van der Waals surface area (Å²) in [6, 6.07) is 16.9. The van der Waals surface area contributed by atoms with Gasteiger partial charge in [-0.2, -0.15) is 0 Å². The van der Waals surface area contributed by atoms with E-state index in [1.165, 1.54) is 0 Å². The Balaban J connectivity index is 1.57. The zero-order valence-corrected chi connectivity index (χ0v) is 18.5. The van der Waals surface area contributed by atoms with Crippen molar-refractivity contribution in [2.24, 2.45) is 0 Å². The lowest BCUT2D eigenvalue weighted by Gasteiger charge is -2.06. The third-order valence-corrected chi connectivity index (χ3v) is 5.51. The molecular weight excluding hydrogens is 538 g/mol. The Morgan fingerprint density at radius 2 is 1.70 bits per heavy atom. The van der Waals surface area contributed by atoms with Gasteiger partial charge in [-0.05, 0) is 68.3 Å². The average Bonchev–Trinajstić information content (AvgIpc) is 3.06. The summed E-state index contributed by atoms with van der Waals surface area (Å²) in [4.78, 5) is 17.0. The molecule has 0 aliphatic carbocycles. The van der Waals surface area contributed by atoms with Crippen LogP contribution in [0, 0.1) is 0 Å². The number of pyridine rings is 1. The Morgan fingerprint density at radius 1 is 0.926 bits per heavy atom. The van der Waals surface area contributed by atoms with Crippen LogP contribution in [0.2, 0.25) is 0 Å². The summed E-state index contributed by atoms with van der Waals surface area (Å²) >= 11 is 10.4. The average molecular weight is 550 g/mol. The summed E-state index contributed by atoms with van der Waals surface area (Å²) in [5.74, 6) is -0.148. The van der Waals surface area contributed by atoms with Gasteiger partial charge in [0.2, 0.25) is 0 Å². The van der Waals surface area contributed by atoms with Gasteiger partial charge in [-0.3, -0.25) is 4.79 Å².